The maximum Gasteiger partial charge on any atom is 0.130 e. The number of aromatic nitrogens is 4. The van der Waals surface area contributed by atoms with Crippen LogP contribution in [0.1, 0.15) is 52.0 Å². The zero-order valence-corrected chi connectivity index (χ0v) is 14.6. The van der Waals surface area contributed by atoms with E-state index in [1.165, 1.54) is 12.8 Å². The van der Waals surface area contributed by atoms with Crippen LogP contribution in [0.3, 0.4) is 0 Å². The third-order valence-electron chi connectivity index (χ3n) is 2.80. The molecule has 2 rings (SSSR count). The lowest BCUT2D eigenvalue weighted by Gasteiger charge is -2.09. The number of hydrogen-bond acceptors (Lipinski definition) is 7. The van der Waals surface area contributed by atoms with Gasteiger partial charge in [0.15, 0.2) is 0 Å². The van der Waals surface area contributed by atoms with Crippen molar-refractivity contribution in [1.82, 2.24) is 20.4 Å². The van der Waals surface area contributed by atoms with Crippen molar-refractivity contribution < 1.29 is 0 Å². The zero-order valence-electron chi connectivity index (χ0n) is 12.1. The van der Waals surface area contributed by atoms with E-state index in [0.29, 0.717) is 5.25 Å². The Bertz CT molecular complexity index is 523. The smallest absolute Gasteiger partial charge is 0.130 e. The summed E-state index contributed by atoms with van der Waals surface area (Å²) in [5, 5.41) is 21.8. The summed E-state index contributed by atoms with van der Waals surface area (Å²) >= 11 is 5.35. The molecule has 2 aromatic rings. The van der Waals surface area contributed by atoms with Crippen LogP contribution >= 0.6 is 34.4 Å². The second kappa shape index (κ2) is 8.05. The average Bonchev–Trinajstić information content (AvgIpc) is 3.05. The Balaban J connectivity index is 2.02. The van der Waals surface area contributed by atoms with Crippen molar-refractivity contribution in [2.24, 2.45) is 0 Å². The molecule has 2 aromatic heterocycles. The van der Waals surface area contributed by atoms with Crippen LogP contribution in [0.5, 0.6) is 0 Å². The predicted octanol–water partition coefficient (Wildman–Crippen LogP) is 4.08. The Morgan fingerprint density at radius 1 is 1.05 bits per heavy atom. The van der Waals surface area contributed by atoms with E-state index in [1.54, 1.807) is 22.7 Å². The van der Waals surface area contributed by atoms with Crippen molar-refractivity contribution >= 4 is 34.4 Å². The van der Waals surface area contributed by atoms with Crippen LogP contribution < -0.4 is 0 Å². The van der Waals surface area contributed by atoms with Crippen LogP contribution in [0.25, 0.3) is 0 Å². The van der Waals surface area contributed by atoms with Gasteiger partial charge in [-0.3, -0.25) is 0 Å². The second-order valence-electron chi connectivity index (χ2n) is 4.50. The van der Waals surface area contributed by atoms with Crippen LogP contribution in [0, 0.1) is 6.92 Å². The molecule has 0 aliphatic carbocycles. The molecule has 0 fully saturated rings. The fraction of sp³-hybridized carbons (Fsp3) is 0.692. The molecule has 1 atom stereocenters. The monoisotopic (exact) mass is 328 g/mol. The average molecular weight is 329 g/mol. The largest absolute Gasteiger partial charge is 0.151 e. The van der Waals surface area contributed by atoms with Gasteiger partial charge in [-0.25, -0.2) is 0 Å². The molecule has 20 heavy (non-hydrogen) atoms. The normalized spacial score (nSPS) is 12.8. The highest BCUT2D eigenvalue weighted by atomic mass is 32.2. The molecule has 4 nitrogen and oxygen atoms in total. The third-order valence-corrected chi connectivity index (χ3v) is 6.03. The van der Waals surface area contributed by atoms with Gasteiger partial charge in [-0.1, -0.05) is 20.3 Å². The molecular formula is C13H20N4S3. The van der Waals surface area contributed by atoms with E-state index in [-0.39, 0.29) is 0 Å². The molecule has 0 radical (unpaired) electrons. The van der Waals surface area contributed by atoms with Gasteiger partial charge >= 0.3 is 0 Å². The SMILES string of the molecule is CCCCc1nnc(CC(SCC)c2nnc(C)s2)s1. The van der Waals surface area contributed by atoms with E-state index in [4.69, 9.17) is 0 Å². The van der Waals surface area contributed by atoms with Gasteiger partial charge in [0.05, 0.1) is 5.25 Å². The highest BCUT2D eigenvalue weighted by Crippen LogP contribution is 2.34. The highest BCUT2D eigenvalue weighted by molar-refractivity contribution is 7.99. The van der Waals surface area contributed by atoms with Crippen molar-refractivity contribution in [3.05, 3.63) is 20.0 Å². The van der Waals surface area contributed by atoms with Crippen molar-refractivity contribution in [3.8, 4) is 0 Å². The van der Waals surface area contributed by atoms with Crippen LogP contribution in [-0.4, -0.2) is 26.1 Å². The van der Waals surface area contributed by atoms with Gasteiger partial charge in [0.1, 0.15) is 20.0 Å². The van der Waals surface area contributed by atoms with E-state index in [9.17, 15) is 0 Å². The van der Waals surface area contributed by atoms with Crippen molar-refractivity contribution in [2.75, 3.05) is 5.75 Å². The zero-order chi connectivity index (χ0) is 14.4. The van der Waals surface area contributed by atoms with Gasteiger partial charge in [0.2, 0.25) is 0 Å². The fourth-order valence-electron chi connectivity index (χ4n) is 1.82. The summed E-state index contributed by atoms with van der Waals surface area (Å²) in [4.78, 5) is 0. The van der Waals surface area contributed by atoms with Crippen LogP contribution in [0.15, 0.2) is 0 Å². The lowest BCUT2D eigenvalue weighted by molar-refractivity contribution is 0.775. The van der Waals surface area contributed by atoms with E-state index in [2.05, 4.69) is 34.2 Å². The molecule has 0 amide bonds. The first-order valence-corrected chi connectivity index (χ1v) is 9.64. The molecule has 1 unspecified atom stereocenters. The molecule has 110 valence electrons. The third kappa shape index (κ3) is 4.49. The Morgan fingerprint density at radius 2 is 1.85 bits per heavy atom. The number of aryl methyl sites for hydroxylation is 2. The predicted molar refractivity (Wildman–Crippen MR) is 87.7 cm³/mol. The molecule has 2 heterocycles. The maximum atomic E-state index is 4.34. The van der Waals surface area contributed by atoms with Crippen molar-refractivity contribution in [3.63, 3.8) is 0 Å². The quantitative estimate of drug-likeness (QED) is 0.731. The summed E-state index contributed by atoms with van der Waals surface area (Å²) in [7, 11) is 0. The summed E-state index contributed by atoms with van der Waals surface area (Å²) < 4.78 is 0. The van der Waals surface area contributed by atoms with Crippen LogP contribution in [0.2, 0.25) is 0 Å². The highest BCUT2D eigenvalue weighted by Gasteiger charge is 2.19. The molecule has 0 aliphatic heterocycles. The first-order valence-electron chi connectivity index (χ1n) is 6.95. The first-order chi connectivity index (χ1) is 9.72. The number of hydrogen-bond donors (Lipinski definition) is 0. The molecular weight excluding hydrogens is 308 g/mol. The number of rotatable bonds is 8. The van der Waals surface area contributed by atoms with E-state index in [1.807, 2.05) is 18.7 Å². The van der Waals surface area contributed by atoms with Gasteiger partial charge in [-0.15, -0.1) is 43.1 Å². The summed E-state index contributed by atoms with van der Waals surface area (Å²) in [5.41, 5.74) is 0. The molecule has 7 heteroatoms. The number of nitrogens with zero attached hydrogens (tertiary/aromatic N) is 4. The number of unbranched alkanes of at least 4 members (excludes halogenated alkanes) is 1. The minimum atomic E-state index is 0.359. The summed E-state index contributed by atoms with van der Waals surface area (Å²) in [6, 6.07) is 0. The topological polar surface area (TPSA) is 51.6 Å². The Kier molecular flexibility index (Phi) is 6.38. The van der Waals surface area contributed by atoms with Gasteiger partial charge in [-0.05, 0) is 19.1 Å². The van der Waals surface area contributed by atoms with E-state index < -0.39 is 0 Å². The summed E-state index contributed by atoms with van der Waals surface area (Å²) in [6.45, 7) is 6.38. The van der Waals surface area contributed by atoms with Crippen molar-refractivity contribution in [1.29, 1.82) is 0 Å². The molecule has 0 N–H and O–H groups in total. The fourth-order valence-corrected chi connectivity index (χ4v) is 4.75. The Hall–Kier alpha value is -0.530. The Morgan fingerprint density at radius 3 is 2.50 bits per heavy atom. The van der Waals surface area contributed by atoms with Gasteiger partial charge in [-0.2, -0.15) is 11.8 Å². The lowest BCUT2D eigenvalue weighted by Crippen LogP contribution is -1.99. The number of thioether (sulfide) groups is 1. The summed E-state index contributed by atoms with van der Waals surface area (Å²) in [5.74, 6) is 1.07. The van der Waals surface area contributed by atoms with E-state index >= 15 is 0 Å². The minimum absolute atomic E-state index is 0.359. The molecule has 0 saturated carbocycles. The lowest BCUT2D eigenvalue weighted by atomic mass is 10.3. The molecule has 0 aromatic carbocycles. The van der Waals surface area contributed by atoms with Gasteiger partial charge < -0.3 is 0 Å². The minimum Gasteiger partial charge on any atom is -0.151 e. The molecule has 0 saturated heterocycles. The van der Waals surface area contributed by atoms with Gasteiger partial charge in [0, 0.05) is 12.8 Å². The second-order valence-corrected chi connectivity index (χ2v) is 8.34. The van der Waals surface area contributed by atoms with Gasteiger partial charge in [0.25, 0.3) is 0 Å². The summed E-state index contributed by atoms with van der Waals surface area (Å²) in [6.07, 6.45) is 4.36. The van der Waals surface area contributed by atoms with E-state index in [0.717, 1.165) is 38.6 Å². The molecule has 0 aliphatic rings. The maximum absolute atomic E-state index is 4.34. The Labute approximate surface area is 132 Å². The molecule has 0 bridgehead atoms. The molecule has 0 spiro atoms. The standard InChI is InChI=1S/C13H20N4S3/c1-4-6-7-11-15-16-12(20-11)8-10(18-5-2)13-17-14-9(3)19-13/h10H,4-8H2,1-3H3. The van der Waals surface area contributed by atoms with Crippen LogP contribution in [0.4, 0.5) is 0 Å². The first kappa shape index (κ1) is 15.9. The van der Waals surface area contributed by atoms with Crippen LogP contribution in [-0.2, 0) is 12.8 Å². The van der Waals surface area contributed by atoms with Crippen molar-refractivity contribution in [2.45, 2.75) is 51.7 Å².